The second-order valence-electron chi connectivity index (χ2n) is 10.9. The first kappa shape index (κ1) is 27.1. The van der Waals surface area contributed by atoms with E-state index in [4.69, 9.17) is 28.4 Å². The Morgan fingerprint density at radius 3 is 0.975 bits per heavy atom. The minimum absolute atomic E-state index is 0.0416. The standard InChI is InChI=1S/C34H40O6/c1-4-22-35-31(7-1)38-28-16-10-25(11-17-28)34(26-12-18-29(19-13-26)39-32-8-2-5-23-36-32)27-14-20-30(21-15-27)40-33-9-3-6-24-37-33/h10-21,31-34H,1-9,22-24H2. The van der Waals surface area contributed by atoms with Crippen LogP contribution in [0, 0.1) is 0 Å². The van der Waals surface area contributed by atoms with Crippen molar-refractivity contribution in [1.82, 2.24) is 0 Å². The number of rotatable bonds is 9. The molecule has 212 valence electrons. The molecule has 3 heterocycles. The van der Waals surface area contributed by atoms with Gasteiger partial charge in [0.05, 0.1) is 19.8 Å². The van der Waals surface area contributed by atoms with Gasteiger partial charge in [-0.1, -0.05) is 36.4 Å². The van der Waals surface area contributed by atoms with Crippen molar-refractivity contribution in [3.05, 3.63) is 89.5 Å². The maximum atomic E-state index is 6.10. The quantitative estimate of drug-likeness (QED) is 0.259. The van der Waals surface area contributed by atoms with Crippen LogP contribution in [0.1, 0.15) is 80.4 Å². The summed E-state index contributed by atoms with van der Waals surface area (Å²) in [5, 5.41) is 0. The average molecular weight is 545 g/mol. The van der Waals surface area contributed by atoms with Crippen molar-refractivity contribution in [3.8, 4) is 17.2 Å². The maximum absolute atomic E-state index is 6.10. The van der Waals surface area contributed by atoms with E-state index in [0.29, 0.717) is 0 Å². The molecule has 0 N–H and O–H groups in total. The fourth-order valence-electron chi connectivity index (χ4n) is 5.66. The Balaban J connectivity index is 1.21. The summed E-state index contributed by atoms with van der Waals surface area (Å²) in [4.78, 5) is 0. The Bertz CT molecular complexity index is 1010. The van der Waals surface area contributed by atoms with Crippen LogP contribution in [-0.4, -0.2) is 38.7 Å². The summed E-state index contributed by atoms with van der Waals surface area (Å²) in [6.45, 7) is 2.30. The minimum Gasteiger partial charge on any atom is -0.465 e. The molecule has 0 aliphatic carbocycles. The molecular formula is C34H40O6. The average Bonchev–Trinajstić information content (AvgIpc) is 3.01. The molecule has 0 bridgehead atoms. The van der Waals surface area contributed by atoms with Gasteiger partial charge in [-0.25, -0.2) is 0 Å². The fraction of sp³-hybridized carbons (Fsp3) is 0.471. The van der Waals surface area contributed by atoms with Gasteiger partial charge in [0.2, 0.25) is 0 Å². The Morgan fingerprint density at radius 1 is 0.425 bits per heavy atom. The van der Waals surface area contributed by atoms with Crippen LogP contribution in [0.4, 0.5) is 0 Å². The van der Waals surface area contributed by atoms with Gasteiger partial charge in [-0.2, -0.15) is 0 Å². The molecule has 3 aliphatic heterocycles. The van der Waals surface area contributed by atoms with E-state index in [2.05, 4.69) is 72.8 Å². The van der Waals surface area contributed by atoms with E-state index in [1.165, 1.54) is 16.7 Å². The summed E-state index contributed by atoms with van der Waals surface area (Å²) in [6.07, 6.45) is 9.09. The predicted molar refractivity (Wildman–Crippen MR) is 153 cm³/mol. The lowest BCUT2D eigenvalue weighted by Gasteiger charge is -2.25. The summed E-state index contributed by atoms with van der Waals surface area (Å²) >= 11 is 0. The molecule has 6 rings (SSSR count). The highest BCUT2D eigenvalue weighted by Crippen LogP contribution is 2.35. The van der Waals surface area contributed by atoms with Crippen molar-refractivity contribution in [2.45, 2.75) is 82.6 Å². The number of ether oxygens (including phenoxy) is 6. The molecule has 6 nitrogen and oxygen atoms in total. The third-order valence-corrected chi connectivity index (χ3v) is 7.86. The molecule has 0 radical (unpaired) electrons. The summed E-state index contributed by atoms with van der Waals surface area (Å²) in [5.74, 6) is 2.55. The third-order valence-electron chi connectivity index (χ3n) is 7.86. The predicted octanol–water partition coefficient (Wildman–Crippen LogP) is 7.58. The molecule has 0 amide bonds. The van der Waals surface area contributed by atoms with E-state index in [-0.39, 0.29) is 24.8 Å². The Labute approximate surface area is 237 Å². The normalized spacial score (nSPS) is 24.1. The number of hydrogen-bond acceptors (Lipinski definition) is 6. The van der Waals surface area contributed by atoms with Crippen molar-refractivity contribution in [3.63, 3.8) is 0 Å². The molecule has 3 saturated heterocycles. The van der Waals surface area contributed by atoms with Crippen LogP contribution in [0.2, 0.25) is 0 Å². The molecule has 3 aliphatic rings. The lowest BCUT2D eigenvalue weighted by Crippen LogP contribution is -2.25. The SMILES string of the molecule is c1cc(C(c2ccc(OC3CCCCO3)cc2)c2ccc(OC3CCCCO3)cc2)ccc1OC1CCCCO1. The van der Waals surface area contributed by atoms with Crippen LogP contribution in [0.25, 0.3) is 0 Å². The van der Waals surface area contributed by atoms with Crippen LogP contribution < -0.4 is 14.2 Å². The van der Waals surface area contributed by atoms with Crippen LogP contribution >= 0.6 is 0 Å². The van der Waals surface area contributed by atoms with Crippen LogP contribution in [0.5, 0.6) is 17.2 Å². The van der Waals surface area contributed by atoms with Gasteiger partial charge in [0.25, 0.3) is 0 Å². The van der Waals surface area contributed by atoms with Gasteiger partial charge in [0.1, 0.15) is 17.2 Å². The largest absolute Gasteiger partial charge is 0.465 e. The molecule has 0 aromatic heterocycles. The van der Waals surface area contributed by atoms with Gasteiger partial charge in [-0.05, 0) is 91.6 Å². The van der Waals surface area contributed by atoms with Crippen molar-refractivity contribution in [1.29, 1.82) is 0 Å². The molecule has 3 unspecified atom stereocenters. The highest BCUT2D eigenvalue weighted by Gasteiger charge is 2.21. The van der Waals surface area contributed by atoms with Crippen LogP contribution in [0.15, 0.2) is 72.8 Å². The first-order valence-corrected chi connectivity index (χ1v) is 14.9. The molecular weight excluding hydrogens is 504 g/mol. The molecule has 6 heteroatoms. The van der Waals surface area contributed by atoms with E-state index in [0.717, 1.165) is 94.9 Å². The van der Waals surface area contributed by atoms with Gasteiger partial charge in [0, 0.05) is 25.2 Å². The van der Waals surface area contributed by atoms with E-state index >= 15 is 0 Å². The lowest BCUT2D eigenvalue weighted by atomic mass is 9.85. The monoisotopic (exact) mass is 544 g/mol. The zero-order chi connectivity index (χ0) is 27.0. The van der Waals surface area contributed by atoms with Crippen molar-refractivity contribution < 1.29 is 28.4 Å². The zero-order valence-corrected chi connectivity index (χ0v) is 23.2. The number of hydrogen-bond donors (Lipinski definition) is 0. The molecule has 3 fully saturated rings. The Morgan fingerprint density at radius 2 is 0.725 bits per heavy atom. The molecule has 0 spiro atoms. The first-order chi connectivity index (χ1) is 19.8. The van der Waals surface area contributed by atoms with Crippen molar-refractivity contribution in [2.24, 2.45) is 0 Å². The van der Waals surface area contributed by atoms with Crippen molar-refractivity contribution >= 4 is 0 Å². The minimum atomic E-state index is -0.156. The van der Waals surface area contributed by atoms with E-state index < -0.39 is 0 Å². The number of benzene rings is 3. The fourth-order valence-corrected chi connectivity index (χ4v) is 5.66. The van der Waals surface area contributed by atoms with E-state index in [9.17, 15) is 0 Å². The Kier molecular flexibility index (Phi) is 9.18. The topological polar surface area (TPSA) is 55.4 Å². The maximum Gasteiger partial charge on any atom is 0.199 e. The zero-order valence-electron chi connectivity index (χ0n) is 23.2. The lowest BCUT2D eigenvalue weighted by molar-refractivity contribution is -0.106. The summed E-state index contributed by atoms with van der Waals surface area (Å²) < 4.78 is 35.6. The Hall–Kier alpha value is -3.06. The smallest absolute Gasteiger partial charge is 0.199 e. The summed E-state index contributed by atoms with van der Waals surface area (Å²) in [6, 6.07) is 25.2. The van der Waals surface area contributed by atoms with E-state index in [1.54, 1.807) is 0 Å². The van der Waals surface area contributed by atoms with Gasteiger partial charge in [-0.3, -0.25) is 0 Å². The molecule has 3 aromatic carbocycles. The van der Waals surface area contributed by atoms with Gasteiger partial charge in [0.15, 0.2) is 18.9 Å². The van der Waals surface area contributed by atoms with Crippen LogP contribution in [-0.2, 0) is 14.2 Å². The van der Waals surface area contributed by atoms with Gasteiger partial charge < -0.3 is 28.4 Å². The molecule has 3 aromatic rings. The first-order valence-electron chi connectivity index (χ1n) is 14.9. The highest BCUT2D eigenvalue weighted by molar-refractivity contribution is 5.47. The van der Waals surface area contributed by atoms with Crippen molar-refractivity contribution in [2.75, 3.05) is 19.8 Å². The third kappa shape index (κ3) is 7.17. The summed E-state index contributed by atoms with van der Waals surface area (Å²) in [5.41, 5.74) is 3.56. The van der Waals surface area contributed by atoms with E-state index in [1.807, 2.05) is 0 Å². The van der Waals surface area contributed by atoms with Gasteiger partial charge >= 0.3 is 0 Å². The summed E-state index contributed by atoms with van der Waals surface area (Å²) in [7, 11) is 0. The van der Waals surface area contributed by atoms with Crippen LogP contribution in [0.3, 0.4) is 0 Å². The second-order valence-corrected chi connectivity index (χ2v) is 10.9. The van der Waals surface area contributed by atoms with Gasteiger partial charge in [-0.15, -0.1) is 0 Å². The highest BCUT2D eigenvalue weighted by atomic mass is 16.7. The molecule has 40 heavy (non-hydrogen) atoms. The molecule has 0 saturated carbocycles. The molecule has 3 atom stereocenters. The second kappa shape index (κ2) is 13.5.